The molecule has 0 fully saturated rings. The van der Waals surface area contributed by atoms with E-state index in [4.69, 9.17) is 24.3 Å². The minimum Gasteiger partial charge on any atom is -0.462 e. The van der Waals surface area contributed by atoms with Crippen LogP contribution in [0.1, 0.15) is 33.9 Å². The molecule has 0 spiro atoms. The van der Waals surface area contributed by atoms with Gasteiger partial charge < -0.3 is 30.2 Å². The summed E-state index contributed by atoms with van der Waals surface area (Å²) >= 11 is 0. The number of ether oxygens (including phenoxy) is 2. The van der Waals surface area contributed by atoms with Crippen LogP contribution < -0.4 is 20.7 Å². The normalized spacial score (nSPS) is 16.2. The van der Waals surface area contributed by atoms with Gasteiger partial charge in [0.1, 0.15) is 24.6 Å². The molecule has 3 rings (SSSR count). The molecule has 3 aromatic rings. The number of nitrogens with zero attached hydrogens (tertiary/aromatic N) is 4. The van der Waals surface area contributed by atoms with E-state index in [-0.39, 0.29) is 17.3 Å². The van der Waals surface area contributed by atoms with E-state index in [2.05, 4.69) is 25.4 Å². The number of rotatable bonds is 15. The molecule has 0 aliphatic carbocycles. The maximum Gasteiger partial charge on any atom is 0.459 e. The van der Waals surface area contributed by atoms with E-state index < -0.39 is 57.6 Å². The number of hydrogen-bond donors (Lipinski definition) is 4. The van der Waals surface area contributed by atoms with Crippen molar-refractivity contribution < 1.29 is 37.4 Å². The first-order chi connectivity index (χ1) is 19.0. The fourth-order valence-electron chi connectivity index (χ4n) is 3.49. The van der Waals surface area contributed by atoms with Gasteiger partial charge >= 0.3 is 13.7 Å². The lowest BCUT2D eigenvalue weighted by Gasteiger charge is -2.28. The topological polar surface area (TPSA) is 185 Å². The number of aromatic nitrogens is 4. The summed E-state index contributed by atoms with van der Waals surface area (Å²) in [6, 6.07) is 7.08. The molecule has 0 unspecified atom stereocenters. The standard InChI is InChI=1S/C24H35FN7O7P/c1-14(2)37-23(34)15(3)31-40(35,39-17-9-7-6-8-10-17)36-12-18(16(4)33)38-19(11-25)32-13-28-20-21(27-5)29-24(26)30-22(20)32/h6-10,13-16,18-19,33H,11-12H2,1-5H3,(H,31,35)(H3,26,27,29,30)/t15-,16+,18-,19-,40-/m1/s1. The lowest BCUT2D eigenvalue weighted by molar-refractivity contribution is -0.149. The molecular weight excluding hydrogens is 548 g/mol. The first-order valence-electron chi connectivity index (χ1n) is 12.5. The maximum absolute atomic E-state index is 14.3. The zero-order valence-electron chi connectivity index (χ0n) is 22.9. The number of carbonyl (C=O) groups is 1. The summed E-state index contributed by atoms with van der Waals surface area (Å²) in [6.07, 6.45) is -2.81. The lowest BCUT2D eigenvalue weighted by atomic mass is 10.2. The summed E-state index contributed by atoms with van der Waals surface area (Å²) in [5.41, 5.74) is 6.31. The number of imidazole rings is 1. The molecule has 2 heterocycles. The first-order valence-corrected chi connectivity index (χ1v) is 14.0. The van der Waals surface area contributed by atoms with Gasteiger partial charge in [-0.2, -0.15) is 15.1 Å². The molecule has 0 amide bonds. The Bertz CT molecular complexity index is 1310. The predicted molar refractivity (Wildman–Crippen MR) is 145 cm³/mol. The molecule has 220 valence electrons. The number of halogens is 1. The van der Waals surface area contributed by atoms with Crippen LogP contribution in [0.25, 0.3) is 11.2 Å². The van der Waals surface area contributed by atoms with Gasteiger partial charge in [0.15, 0.2) is 23.2 Å². The van der Waals surface area contributed by atoms with Crippen molar-refractivity contribution in [3.63, 3.8) is 0 Å². The van der Waals surface area contributed by atoms with Crippen LogP contribution in [0.4, 0.5) is 16.2 Å². The Balaban J connectivity index is 1.82. The van der Waals surface area contributed by atoms with Crippen molar-refractivity contribution in [3.05, 3.63) is 36.7 Å². The van der Waals surface area contributed by atoms with Crippen LogP contribution in [-0.2, 0) is 23.4 Å². The van der Waals surface area contributed by atoms with Crippen LogP contribution in [0.2, 0.25) is 0 Å². The van der Waals surface area contributed by atoms with Gasteiger partial charge in [0, 0.05) is 7.05 Å². The second-order valence-corrected chi connectivity index (χ2v) is 10.8. The molecule has 16 heteroatoms. The third kappa shape index (κ3) is 8.08. The maximum atomic E-state index is 14.3. The SMILES string of the molecule is CNc1nc(N)nc2c1ncn2[C@@H](CF)O[C@H](CO[P@](=O)(N[C@H](C)C(=O)OC(C)C)Oc1ccccc1)[C@H](C)O. The number of esters is 1. The van der Waals surface area contributed by atoms with Gasteiger partial charge in [-0.25, -0.2) is 13.9 Å². The zero-order chi connectivity index (χ0) is 29.4. The second kappa shape index (κ2) is 13.8. The first kappa shape index (κ1) is 31.2. The van der Waals surface area contributed by atoms with E-state index in [0.717, 1.165) is 0 Å². The van der Waals surface area contributed by atoms with Gasteiger partial charge in [0.05, 0.1) is 25.1 Å². The van der Waals surface area contributed by atoms with Crippen LogP contribution in [0, 0.1) is 0 Å². The number of alkyl halides is 1. The number of aliphatic hydroxyl groups is 1. The van der Waals surface area contributed by atoms with Gasteiger partial charge in [-0.3, -0.25) is 13.9 Å². The summed E-state index contributed by atoms with van der Waals surface area (Å²) < 4.78 is 51.5. The summed E-state index contributed by atoms with van der Waals surface area (Å²) in [4.78, 5) is 24.8. The van der Waals surface area contributed by atoms with Crippen molar-refractivity contribution in [3.8, 4) is 5.75 Å². The van der Waals surface area contributed by atoms with Crippen molar-refractivity contribution in [2.45, 2.75) is 58.3 Å². The molecule has 14 nitrogen and oxygen atoms in total. The lowest BCUT2D eigenvalue weighted by Crippen LogP contribution is -2.38. The molecule has 2 aromatic heterocycles. The minimum atomic E-state index is -4.26. The van der Waals surface area contributed by atoms with E-state index in [0.29, 0.717) is 11.3 Å². The van der Waals surface area contributed by atoms with Crippen molar-refractivity contribution in [2.75, 3.05) is 31.4 Å². The Morgan fingerprint density at radius 3 is 2.50 bits per heavy atom. The van der Waals surface area contributed by atoms with E-state index in [1.807, 2.05) is 0 Å². The quantitative estimate of drug-likeness (QED) is 0.151. The van der Waals surface area contributed by atoms with Gasteiger partial charge in [0.25, 0.3) is 0 Å². The van der Waals surface area contributed by atoms with Crippen LogP contribution >= 0.6 is 7.75 Å². The molecule has 0 saturated carbocycles. The van der Waals surface area contributed by atoms with Gasteiger partial charge in [-0.1, -0.05) is 18.2 Å². The highest BCUT2D eigenvalue weighted by Gasteiger charge is 2.35. The second-order valence-electron chi connectivity index (χ2n) is 9.06. The van der Waals surface area contributed by atoms with Crippen LogP contribution in [-0.4, -0.2) is 75.3 Å². The number of nitrogen functional groups attached to an aromatic ring is 1. The zero-order valence-corrected chi connectivity index (χ0v) is 23.7. The van der Waals surface area contributed by atoms with Crippen molar-refractivity contribution >= 4 is 36.6 Å². The highest BCUT2D eigenvalue weighted by atomic mass is 31.2. The van der Waals surface area contributed by atoms with Crippen LogP contribution in [0.3, 0.4) is 0 Å². The molecule has 0 saturated heterocycles. The van der Waals surface area contributed by atoms with E-state index in [1.54, 1.807) is 51.2 Å². The minimum absolute atomic E-state index is 0.0678. The molecule has 40 heavy (non-hydrogen) atoms. The number of hydrogen-bond acceptors (Lipinski definition) is 12. The molecule has 0 radical (unpaired) electrons. The predicted octanol–water partition coefficient (Wildman–Crippen LogP) is 2.82. The summed E-state index contributed by atoms with van der Waals surface area (Å²) in [5.74, 6) is -0.210. The van der Waals surface area contributed by atoms with Gasteiger partial charge in [0.2, 0.25) is 5.95 Å². The molecule has 0 bridgehead atoms. The molecule has 5 atom stereocenters. The molecular formula is C24H35FN7O7P. The number of benzene rings is 1. The Hall–Kier alpha value is -3.36. The Morgan fingerprint density at radius 1 is 1.20 bits per heavy atom. The van der Waals surface area contributed by atoms with Crippen LogP contribution in [0.15, 0.2) is 36.7 Å². The number of aliphatic hydroxyl groups excluding tert-OH is 1. The fourth-order valence-corrected chi connectivity index (χ4v) is 5.00. The number of nitrogens with two attached hydrogens (primary N) is 1. The highest BCUT2D eigenvalue weighted by molar-refractivity contribution is 7.52. The van der Waals surface area contributed by atoms with Crippen LogP contribution in [0.5, 0.6) is 5.75 Å². The highest BCUT2D eigenvalue weighted by Crippen LogP contribution is 2.45. The smallest absolute Gasteiger partial charge is 0.459 e. The number of para-hydroxylation sites is 1. The van der Waals surface area contributed by atoms with Crippen molar-refractivity contribution in [1.82, 2.24) is 24.6 Å². The fraction of sp³-hybridized carbons (Fsp3) is 0.500. The Kier molecular flexibility index (Phi) is 10.8. The largest absolute Gasteiger partial charge is 0.462 e. The third-order valence-electron chi connectivity index (χ3n) is 5.42. The molecule has 0 aliphatic rings. The number of nitrogens with one attached hydrogen (secondary N) is 2. The van der Waals surface area contributed by atoms with Gasteiger partial charge in [-0.05, 0) is 39.8 Å². The van der Waals surface area contributed by atoms with Gasteiger partial charge in [-0.15, -0.1) is 0 Å². The average molecular weight is 584 g/mol. The summed E-state index contributed by atoms with van der Waals surface area (Å²) in [7, 11) is -2.63. The number of anilines is 2. The monoisotopic (exact) mass is 583 g/mol. The summed E-state index contributed by atoms with van der Waals surface area (Å²) in [5, 5.41) is 15.8. The number of fused-ring (bicyclic) bond motifs is 1. The average Bonchev–Trinajstić information content (AvgIpc) is 3.31. The molecule has 5 N–H and O–H groups in total. The van der Waals surface area contributed by atoms with E-state index in [9.17, 15) is 18.9 Å². The van der Waals surface area contributed by atoms with Crippen molar-refractivity contribution in [2.24, 2.45) is 0 Å². The summed E-state index contributed by atoms with van der Waals surface area (Å²) in [6.45, 7) is 4.64. The Labute approximate surface area is 231 Å². The van der Waals surface area contributed by atoms with Crippen molar-refractivity contribution in [1.29, 1.82) is 0 Å². The number of carbonyl (C=O) groups excluding carboxylic acids is 1. The third-order valence-corrected chi connectivity index (χ3v) is 7.07. The molecule has 0 aliphatic heterocycles. The Morgan fingerprint density at radius 2 is 1.90 bits per heavy atom. The molecule has 1 aromatic carbocycles. The van der Waals surface area contributed by atoms with E-state index >= 15 is 0 Å². The van der Waals surface area contributed by atoms with E-state index in [1.165, 1.54) is 24.7 Å².